The van der Waals surface area contributed by atoms with E-state index in [1.165, 1.54) is 11.4 Å². The number of methoxy groups -OCH3 is 1. The molecule has 0 unspecified atom stereocenters. The number of amides is 1. The van der Waals surface area contributed by atoms with Crippen LogP contribution in [0.5, 0.6) is 5.75 Å². The van der Waals surface area contributed by atoms with Crippen molar-refractivity contribution in [2.45, 2.75) is 0 Å². The lowest BCUT2D eigenvalue weighted by Gasteiger charge is -2.33. The lowest BCUT2D eigenvalue weighted by Crippen LogP contribution is -2.52. The lowest BCUT2D eigenvalue weighted by atomic mass is 10.1. The van der Waals surface area contributed by atoms with Crippen LogP contribution in [-0.4, -0.2) is 56.8 Å². The van der Waals surface area contributed by atoms with Crippen molar-refractivity contribution in [1.29, 1.82) is 0 Å². The van der Waals surface area contributed by atoms with Gasteiger partial charge in [0.25, 0.3) is 16.1 Å². The van der Waals surface area contributed by atoms with Crippen molar-refractivity contribution in [3.05, 3.63) is 29.8 Å². The average Bonchev–Trinajstić information content (AvgIpc) is 2.45. The van der Waals surface area contributed by atoms with Crippen LogP contribution in [0.3, 0.4) is 0 Å². The largest absolute Gasteiger partial charge is 0.496 e. The molecule has 7 nitrogen and oxygen atoms in total. The minimum Gasteiger partial charge on any atom is -0.496 e. The zero-order valence-corrected chi connectivity index (χ0v) is 12.0. The monoisotopic (exact) mass is 299 g/mol. The molecule has 1 saturated heterocycles. The molecular formula is C12H17N3O4S. The van der Waals surface area contributed by atoms with Crippen LogP contribution in [0.15, 0.2) is 24.3 Å². The van der Waals surface area contributed by atoms with Gasteiger partial charge in [0.2, 0.25) is 0 Å². The Balaban J connectivity index is 2.09. The summed E-state index contributed by atoms with van der Waals surface area (Å²) in [5, 5.41) is 5.06. The van der Waals surface area contributed by atoms with Gasteiger partial charge in [-0.05, 0) is 12.1 Å². The molecule has 2 N–H and O–H groups in total. The molecule has 0 spiro atoms. The number of para-hydroxylation sites is 1. The van der Waals surface area contributed by atoms with Gasteiger partial charge in [-0.3, -0.25) is 4.79 Å². The van der Waals surface area contributed by atoms with Crippen LogP contribution in [0, 0.1) is 0 Å². The molecule has 1 aliphatic rings. The molecule has 2 rings (SSSR count). The number of nitrogens with two attached hydrogens (primary N) is 1. The molecule has 110 valence electrons. The third-order valence-electron chi connectivity index (χ3n) is 3.22. The molecule has 0 aliphatic carbocycles. The maximum Gasteiger partial charge on any atom is 0.277 e. The highest BCUT2D eigenvalue weighted by Gasteiger charge is 2.27. The summed E-state index contributed by atoms with van der Waals surface area (Å²) in [5.41, 5.74) is 0.471. The summed E-state index contributed by atoms with van der Waals surface area (Å²) in [7, 11) is -2.18. The molecule has 0 saturated carbocycles. The Morgan fingerprint density at radius 1 is 1.20 bits per heavy atom. The number of rotatable bonds is 3. The Hall–Kier alpha value is -1.64. The Labute approximate surface area is 118 Å². The van der Waals surface area contributed by atoms with E-state index < -0.39 is 10.2 Å². The Morgan fingerprint density at radius 2 is 1.80 bits per heavy atom. The maximum atomic E-state index is 12.4. The summed E-state index contributed by atoms with van der Waals surface area (Å²) in [6.45, 7) is 1.04. The predicted octanol–water partition coefficient (Wildman–Crippen LogP) is -0.343. The number of carbonyl (C=O) groups is 1. The maximum absolute atomic E-state index is 12.4. The summed E-state index contributed by atoms with van der Waals surface area (Å²) >= 11 is 0. The Bertz CT molecular complexity index is 594. The van der Waals surface area contributed by atoms with Gasteiger partial charge in [-0.2, -0.15) is 12.7 Å². The van der Waals surface area contributed by atoms with E-state index in [1.807, 2.05) is 0 Å². The summed E-state index contributed by atoms with van der Waals surface area (Å²) in [5.74, 6) is 0.336. The van der Waals surface area contributed by atoms with Crippen molar-refractivity contribution < 1.29 is 17.9 Å². The molecule has 1 aromatic carbocycles. The molecule has 20 heavy (non-hydrogen) atoms. The number of hydrogen-bond donors (Lipinski definition) is 1. The molecule has 8 heteroatoms. The van der Waals surface area contributed by atoms with Gasteiger partial charge in [-0.1, -0.05) is 12.1 Å². The van der Waals surface area contributed by atoms with Gasteiger partial charge in [-0.25, -0.2) is 5.14 Å². The second-order valence-electron chi connectivity index (χ2n) is 4.44. The molecule has 1 aromatic rings. The van der Waals surface area contributed by atoms with Crippen LogP contribution in [0.1, 0.15) is 10.4 Å². The third kappa shape index (κ3) is 3.09. The average molecular weight is 299 g/mol. The molecule has 0 atom stereocenters. The van der Waals surface area contributed by atoms with E-state index in [1.54, 1.807) is 29.2 Å². The van der Waals surface area contributed by atoms with Gasteiger partial charge in [0.15, 0.2) is 0 Å². The van der Waals surface area contributed by atoms with Gasteiger partial charge in [0.05, 0.1) is 12.7 Å². The van der Waals surface area contributed by atoms with Gasteiger partial charge in [-0.15, -0.1) is 0 Å². The minimum absolute atomic E-state index is 0.170. The van der Waals surface area contributed by atoms with E-state index in [0.29, 0.717) is 24.4 Å². The molecule has 1 heterocycles. The van der Waals surface area contributed by atoms with Crippen LogP contribution in [0.2, 0.25) is 0 Å². The van der Waals surface area contributed by atoms with Gasteiger partial charge < -0.3 is 9.64 Å². The van der Waals surface area contributed by atoms with Gasteiger partial charge >= 0.3 is 0 Å². The van der Waals surface area contributed by atoms with Gasteiger partial charge in [0, 0.05) is 26.2 Å². The van der Waals surface area contributed by atoms with Crippen molar-refractivity contribution in [2.24, 2.45) is 5.14 Å². The highest BCUT2D eigenvalue weighted by molar-refractivity contribution is 7.86. The van der Waals surface area contributed by atoms with Crippen LogP contribution >= 0.6 is 0 Å². The normalized spacial score (nSPS) is 17.0. The second kappa shape index (κ2) is 5.78. The first-order chi connectivity index (χ1) is 9.43. The molecule has 1 fully saturated rings. The van der Waals surface area contributed by atoms with Crippen molar-refractivity contribution in [2.75, 3.05) is 33.3 Å². The van der Waals surface area contributed by atoms with Gasteiger partial charge in [0.1, 0.15) is 5.75 Å². The topological polar surface area (TPSA) is 92.9 Å². The number of ether oxygens (including phenoxy) is 1. The molecule has 0 aromatic heterocycles. The van der Waals surface area contributed by atoms with Crippen LogP contribution < -0.4 is 9.88 Å². The highest BCUT2D eigenvalue weighted by atomic mass is 32.2. The van der Waals surface area contributed by atoms with Crippen LogP contribution in [0.25, 0.3) is 0 Å². The van der Waals surface area contributed by atoms with Crippen molar-refractivity contribution in [3.8, 4) is 5.75 Å². The van der Waals surface area contributed by atoms with E-state index in [9.17, 15) is 13.2 Å². The van der Waals surface area contributed by atoms with E-state index >= 15 is 0 Å². The van der Waals surface area contributed by atoms with Crippen molar-refractivity contribution >= 4 is 16.1 Å². The van der Waals surface area contributed by atoms with Crippen molar-refractivity contribution in [3.63, 3.8) is 0 Å². The summed E-state index contributed by atoms with van der Waals surface area (Å²) in [4.78, 5) is 14.0. The van der Waals surface area contributed by atoms with Crippen LogP contribution in [0.4, 0.5) is 0 Å². The quantitative estimate of drug-likeness (QED) is 0.826. The molecule has 1 amide bonds. The number of piperazine rings is 1. The SMILES string of the molecule is COc1ccccc1C(=O)N1CCN(S(N)(=O)=O)CC1. The molecule has 1 aliphatic heterocycles. The standard InChI is InChI=1S/C12H17N3O4S/c1-19-11-5-3-2-4-10(11)12(16)14-6-8-15(9-7-14)20(13,17)18/h2-5H,6-9H2,1H3,(H2,13,17,18). The molecule has 0 radical (unpaired) electrons. The fourth-order valence-corrected chi connectivity index (χ4v) is 2.81. The highest BCUT2D eigenvalue weighted by Crippen LogP contribution is 2.20. The lowest BCUT2D eigenvalue weighted by molar-refractivity contribution is 0.0694. The zero-order valence-electron chi connectivity index (χ0n) is 11.2. The molecule has 0 bridgehead atoms. The molecular weight excluding hydrogens is 282 g/mol. The number of carbonyl (C=O) groups excluding carboxylic acids is 1. The Kier molecular flexibility index (Phi) is 4.26. The first-order valence-electron chi connectivity index (χ1n) is 6.13. The number of hydrogen-bond acceptors (Lipinski definition) is 4. The first kappa shape index (κ1) is 14.8. The fraction of sp³-hybridized carbons (Fsp3) is 0.417. The summed E-state index contributed by atoms with van der Waals surface area (Å²) < 4.78 is 28.8. The number of nitrogens with zero attached hydrogens (tertiary/aromatic N) is 2. The van der Waals surface area contributed by atoms with E-state index in [2.05, 4.69) is 0 Å². The van der Waals surface area contributed by atoms with E-state index in [0.717, 1.165) is 0 Å². The first-order valence-corrected chi connectivity index (χ1v) is 7.64. The Morgan fingerprint density at radius 3 is 2.35 bits per heavy atom. The van der Waals surface area contributed by atoms with E-state index in [4.69, 9.17) is 9.88 Å². The fourth-order valence-electron chi connectivity index (χ4n) is 2.14. The van der Waals surface area contributed by atoms with Crippen LogP contribution in [-0.2, 0) is 10.2 Å². The van der Waals surface area contributed by atoms with E-state index in [-0.39, 0.29) is 19.0 Å². The second-order valence-corrected chi connectivity index (χ2v) is 5.98. The summed E-state index contributed by atoms with van der Waals surface area (Å²) in [6.07, 6.45) is 0. The zero-order chi connectivity index (χ0) is 14.8. The summed E-state index contributed by atoms with van der Waals surface area (Å²) in [6, 6.07) is 6.95. The predicted molar refractivity (Wildman–Crippen MR) is 73.6 cm³/mol. The van der Waals surface area contributed by atoms with Crippen molar-refractivity contribution in [1.82, 2.24) is 9.21 Å². The third-order valence-corrected chi connectivity index (χ3v) is 4.31. The smallest absolute Gasteiger partial charge is 0.277 e. The minimum atomic E-state index is -3.68. The number of benzene rings is 1.